The summed E-state index contributed by atoms with van der Waals surface area (Å²) in [6.45, 7) is 4.10. The molecule has 0 N–H and O–H groups in total. The molecule has 5 rings (SSSR count). The predicted octanol–water partition coefficient (Wildman–Crippen LogP) is 2.10. The van der Waals surface area contributed by atoms with Gasteiger partial charge in [-0.1, -0.05) is 12.1 Å². The van der Waals surface area contributed by atoms with E-state index in [4.69, 9.17) is 4.74 Å². The van der Waals surface area contributed by atoms with E-state index < -0.39 is 0 Å². The smallest absolute Gasteiger partial charge is 0.274 e. The molecular weight excluding hydrogens is 356 g/mol. The Hall–Kier alpha value is -2.83. The van der Waals surface area contributed by atoms with Crippen molar-refractivity contribution in [3.8, 4) is 5.75 Å². The number of rotatable bonds is 2. The van der Waals surface area contributed by atoms with Gasteiger partial charge >= 0.3 is 0 Å². The van der Waals surface area contributed by atoms with Crippen LogP contribution in [0.1, 0.15) is 51.4 Å². The number of ether oxygens (including phenoxy) is 1. The maximum Gasteiger partial charge on any atom is 0.274 e. The number of amides is 2. The van der Waals surface area contributed by atoms with Gasteiger partial charge in [0.25, 0.3) is 11.8 Å². The number of para-hydroxylation sites is 1. The van der Waals surface area contributed by atoms with Gasteiger partial charge in [-0.05, 0) is 37.0 Å². The highest BCUT2D eigenvalue weighted by atomic mass is 16.5. The van der Waals surface area contributed by atoms with Crippen molar-refractivity contribution in [2.45, 2.75) is 38.8 Å². The van der Waals surface area contributed by atoms with Gasteiger partial charge in [0.05, 0.1) is 24.4 Å². The van der Waals surface area contributed by atoms with Crippen molar-refractivity contribution in [2.24, 2.45) is 0 Å². The summed E-state index contributed by atoms with van der Waals surface area (Å²) in [6, 6.07) is 7.65. The van der Waals surface area contributed by atoms with Gasteiger partial charge in [-0.3, -0.25) is 14.3 Å². The summed E-state index contributed by atoms with van der Waals surface area (Å²) in [5.74, 6) is 0.723. The summed E-state index contributed by atoms with van der Waals surface area (Å²) in [5, 5.41) is 4.54. The minimum atomic E-state index is -0.0131. The van der Waals surface area contributed by atoms with Crippen LogP contribution in [0.4, 0.5) is 0 Å². The number of hydrogen-bond donors (Lipinski definition) is 0. The van der Waals surface area contributed by atoms with Gasteiger partial charge in [0.2, 0.25) is 0 Å². The largest absolute Gasteiger partial charge is 0.492 e. The molecule has 3 aliphatic rings. The third kappa shape index (κ3) is 2.95. The fourth-order valence-electron chi connectivity index (χ4n) is 4.38. The van der Waals surface area contributed by atoms with Crippen LogP contribution in [0.15, 0.2) is 24.3 Å². The van der Waals surface area contributed by atoms with Crippen LogP contribution in [0.2, 0.25) is 0 Å². The molecule has 0 saturated carbocycles. The lowest BCUT2D eigenvalue weighted by molar-refractivity contribution is 0.0742. The first-order valence-electron chi connectivity index (χ1n) is 10.1. The Labute approximate surface area is 163 Å². The average molecular weight is 380 g/mol. The lowest BCUT2D eigenvalue weighted by Crippen LogP contribution is -2.31. The third-order valence-electron chi connectivity index (χ3n) is 5.86. The van der Waals surface area contributed by atoms with Crippen LogP contribution in [0.5, 0.6) is 5.75 Å². The number of aryl methyl sites for hydroxylation is 1. The SMILES string of the molecule is O=C(c1cc2n(n1)CCCN(C(=O)c1cccc3c1OCC3)C2)N1CCCC1. The van der Waals surface area contributed by atoms with E-state index in [9.17, 15) is 9.59 Å². The second kappa shape index (κ2) is 6.96. The van der Waals surface area contributed by atoms with Crippen LogP contribution in [0, 0.1) is 0 Å². The number of hydrogen-bond acceptors (Lipinski definition) is 4. The normalized spacial score (nSPS) is 18.4. The first kappa shape index (κ1) is 17.3. The molecule has 3 aliphatic heterocycles. The van der Waals surface area contributed by atoms with Crippen molar-refractivity contribution in [2.75, 3.05) is 26.2 Å². The highest BCUT2D eigenvalue weighted by Crippen LogP contribution is 2.31. The maximum absolute atomic E-state index is 13.2. The molecule has 7 nitrogen and oxygen atoms in total. The molecule has 28 heavy (non-hydrogen) atoms. The fraction of sp³-hybridized carbons (Fsp3) is 0.476. The second-order valence-corrected chi connectivity index (χ2v) is 7.72. The molecule has 0 unspecified atom stereocenters. The van der Waals surface area contributed by atoms with Gasteiger partial charge in [0, 0.05) is 32.6 Å². The standard InChI is InChI=1S/C21H24N4O3/c26-20(17-6-3-5-15-7-12-28-19(15)17)24-10-4-11-25-16(14-24)13-18(22-25)21(27)23-8-1-2-9-23/h3,5-6,13H,1-2,4,7-12,14H2. The Morgan fingerprint density at radius 3 is 2.64 bits per heavy atom. The Morgan fingerprint density at radius 2 is 1.79 bits per heavy atom. The molecule has 0 spiro atoms. The van der Waals surface area contributed by atoms with E-state index in [-0.39, 0.29) is 11.8 Å². The summed E-state index contributed by atoms with van der Waals surface area (Å²) < 4.78 is 7.61. The first-order valence-corrected chi connectivity index (χ1v) is 10.1. The number of fused-ring (bicyclic) bond motifs is 2. The zero-order valence-corrected chi connectivity index (χ0v) is 15.9. The van der Waals surface area contributed by atoms with Crippen molar-refractivity contribution in [3.05, 3.63) is 46.8 Å². The molecule has 1 aromatic heterocycles. The zero-order valence-electron chi connectivity index (χ0n) is 15.9. The van der Waals surface area contributed by atoms with Crippen molar-refractivity contribution >= 4 is 11.8 Å². The van der Waals surface area contributed by atoms with Crippen LogP contribution >= 0.6 is 0 Å². The lowest BCUT2D eigenvalue weighted by atomic mass is 10.1. The number of nitrogens with zero attached hydrogens (tertiary/aromatic N) is 4. The van der Waals surface area contributed by atoms with E-state index in [2.05, 4.69) is 5.10 Å². The van der Waals surface area contributed by atoms with Gasteiger partial charge in [-0.2, -0.15) is 5.10 Å². The molecule has 0 radical (unpaired) electrons. The van der Waals surface area contributed by atoms with Crippen LogP contribution < -0.4 is 4.74 Å². The molecule has 0 aliphatic carbocycles. The van der Waals surface area contributed by atoms with Gasteiger partial charge in [0.15, 0.2) is 5.69 Å². The molecule has 1 aromatic carbocycles. The van der Waals surface area contributed by atoms with E-state index in [1.165, 1.54) is 0 Å². The van der Waals surface area contributed by atoms with Crippen LogP contribution in [0.3, 0.4) is 0 Å². The van der Waals surface area contributed by atoms with Crippen molar-refractivity contribution in [3.63, 3.8) is 0 Å². The quantitative estimate of drug-likeness (QED) is 0.800. The number of aromatic nitrogens is 2. The number of carbonyl (C=O) groups is 2. The van der Waals surface area contributed by atoms with Gasteiger partial charge in [0.1, 0.15) is 5.75 Å². The molecule has 0 atom stereocenters. The second-order valence-electron chi connectivity index (χ2n) is 7.72. The first-order chi connectivity index (χ1) is 13.7. The topological polar surface area (TPSA) is 67.7 Å². The van der Waals surface area contributed by atoms with E-state index in [1.54, 1.807) is 0 Å². The predicted molar refractivity (Wildman–Crippen MR) is 102 cm³/mol. The zero-order chi connectivity index (χ0) is 19.1. The van der Waals surface area contributed by atoms with Crippen LogP contribution in [0.25, 0.3) is 0 Å². The molecule has 2 amide bonds. The van der Waals surface area contributed by atoms with Crippen molar-refractivity contribution in [1.29, 1.82) is 0 Å². The number of carbonyl (C=O) groups excluding carboxylic acids is 2. The Balaban J connectivity index is 1.39. The molecular formula is C21H24N4O3. The molecule has 0 bridgehead atoms. The van der Waals surface area contributed by atoms with Crippen LogP contribution in [-0.2, 0) is 19.5 Å². The van der Waals surface area contributed by atoms with Gasteiger partial charge in [-0.15, -0.1) is 0 Å². The van der Waals surface area contributed by atoms with Gasteiger partial charge in [-0.25, -0.2) is 0 Å². The summed E-state index contributed by atoms with van der Waals surface area (Å²) in [7, 11) is 0. The number of benzene rings is 1. The average Bonchev–Trinajstić information content (AvgIpc) is 3.45. The van der Waals surface area contributed by atoms with E-state index in [0.29, 0.717) is 31.0 Å². The highest BCUT2D eigenvalue weighted by molar-refractivity contribution is 5.97. The Morgan fingerprint density at radius 1 is 0.964 bits per heavy atom. The van der Waals surface area contributed by atoms with Crippen molar-refractivity contribution in [1.82, 2.24) is 19.6 Å². The Kier molecular flexibility index (Phi) is 4.30. The van der Waals surface area contributed by atoms with E-state index >= 15 is 0 Å². The minimum Gasteiger partial charge on any atom is -0.492 e. The summed E-state index contributed by atoms with van der Waals surface area (Å²) in [4.78, 5) is 29.6. The van der Waals surface area contributed by atoms with Gasteiger partial charge < -0.3 is 14.5 Å². The Bertz CT molecular complexity index is 930. The summed E-state index contributed by atoms with van der Waals surface area (Å²) in [6.07, 6.45) is 3.79. The number of likely N-dealkylation sites (tertiary alicyclic amines) is 1. The monoisotopic (exact) mass is 380 g/mol. The van der Waals surface area contributed by atoms with E-state index in [1.807, 2.05) is 38.7 Å². The molecule has 7 heteroatoms. The fourth-order valence-corrected chi connectivity index (χ4v) is 4.38. The van der Waals surface area contributed by atoms with Crippen LogP contribution in [-0.4, -0.2) is 57.6 Å². The lowest BCUT2D eigenvalue weighted by Gasteiger charge is -2.21. The molecule has 4 heterocycles. The summed E-state index contributed by atoms with van der Waals surface area (Å²) in [5.41, 5.74) is 3.15. The third-order valence-corrected chi connectivity index (χ3v) is 5.86. The summed E-state index contributed by atoms with van der Waals surface area (Å²) >= 11 is 0. The van der Waals surface area contributed by atoms with E-state index in [0.717, 1.165) is 62.3 Å². The molecule has 1 fully saturated rings. The van der Waals surface area contributed by atoms with Crippen molar-refractivity contribution < 1.29 is 14.3 Å². The maximum atomic E-state index is 13.2. The highest BCUT2D eigenvalue weighted by Gasteiger charge is 2.28. The molecule has 2 aromatic rings. The molecule has 146 valence electrons. The molecule has 1 saturated heterocycles. The minimum absolute atomic E-state index is 0.00484.